The van der Waals surface area contributed by atoms with Crippen molar-refractivity contribution in [2.24, 2.45) is 5.92 Å². The minimum atomic E-state index is -0.414. The second-order valence-electron chi connectivity index (χ2n) is 6.88. The number of fused-ring (bicyclic) bond motifs is 3. The van der Waals surface area contributed by atoms with Gasteiger partial charge in [-0.15, -0.1) is 0 Å². The second kappa shape index (κ2) is 6.37. The first-order valence-corrected chi connectivity index (χ1v) is 8.65. The van der Waals surface area contributed by atoms with E-state index in [1.165, 1.54) is 12.1 Å². The van der Waals surface area contributed by atoms with Gasteiger partial charge in [-0.25, -0.2) is 9.07 Å². The van der Waals surface area contributed by atoms with Crippen LogP contribution in [0.2, 0.25) is 0 Å². The minimum Gasteiger partial charge on any atom is -0.363 e. The van der Waals surface area contributed by atoms with Crippen molar-refractivity contribution >= 4 is 5.69 Å². The Hall–Kier alpha value is -3.02. The Morgan fingerprint density at radius 2 is 1.88 bits per heavy atom. The van der Waals surface area contributed by atoms with Crippen LogP contribution in [0.25, 0.3) is 22.6 Å². The van der Waals surface area contributed by atoms with E-state index in [9.17, 15) is 9.18 Å². The van der Waals surface area contributed by atoms with Crippen LogP contribution in [0.3, 0.4) is 0 Å². The fourth-order valence-electron chi connectivity index (χ4n) is 3.24. The maximum Gasteiger partial charge on any atom is 0.300 e. The summed E-state index contributed by atoms with van der Waals surface area (Å²) in [4.78, 5) is 16.9. The van der Waals surface area contributed by atoms with Crippen molar-refractivity contribution in [1.29, 1.82) is 0 Å². The van der Waals surface area contributed by atoms with Gasteiger partial charge >= 0.3 is 0 Å². The Morgan fingerprint density at radius 3 is 2.62 bits per heavy atom. The zero-order chi connectivity index (χ0) is 18.3. The average molecular weight is 350 g/mol. The standard InChI is InChI=1S/C20H19FN4O/c1-12(2)11-17-22-16-6-4-3-5-15(16)19-23-20(26)18(24-25(17)19)13-7-9-14(21)10-8-13/h3-10,12,17,22H,11H2,1-2H3. The van der Waals surface area contributed by atoms with Crippen molar-refractivity contribution in [1.82, 2.24) is 14.8 Å². The van der Waals surface area contributed by atoms with Crippen molar-refractivity contribution < 1.29 is 4.39 Å². The van der Waals surface area contributed by atoms with Crippen LogP contribution in [-0.2, 0) is 0 Å². The lowest BCUT2D eigenvalue weighted by molar-refractivity contribution is 0.398. The largest absolute Gasteiger partial charge is 0.363 e. The smallest absolute Gasteiger partial charge is 0.300 e. The van der Waals surface area contributed by atoms with Crippen LogP contribution in [0, 0.1) is 11.7 Å². The van der Waals surface area contributed by atoms with Crippen LogP contribution in [0.5, 0.6) is 0 Å². The third-order valence-electron chi connectivity index (χ3n) is 4.43. The van der Waals surface area contributed by atoms with Crippen LogP contribution >= 0.6 is 0 Å². The number of nitrogens with one attached hydrogen (secondary N) is 1. The summed E-state index contributed by atoms with van der Waals surface area (Å²) in [6.45, 7) is 4.28. The number of nitrogens with zero attached hydrogens (tertiary/aromatic N) is 3. The maximum atomic E-state index is 13.2. The summed E-state index contributed by atoms with van der Waals surface area (Å²) in [7, 11) is 0. The Kier molecular flexibility index (Phi) is 4.03. The van der Waals surface area contributed by atoms with Gasteiger partial charge in [-0.2, -0.15) is 10.1 Å². The molecule has 0 bridgehead atoms. The number of rotatable bonds is 3. The Bertz CT molecular complexity index is 1010. The Morgan fingerprint density at radius 1 is 1.15 bits per heavy atom. The van der Waals surface area contributed by atoms with Crippen molar-refractivity contribution in [2.45, 2.75) is 26.4 Å². The number of aromatic nitrogens is 3. The summed E-state index contributed by atoms with van der Waals surface area (Å²) >= 11 is 0. The van der Waals surface area contributed by atoms with E-state index < -0.39 is 5.56 Å². The van der Waals surface area contributed by atoms with E-state index in [4.69, 9.17) is 0 Å². The first-order chi connectivity index (χ1) is 12.5. The molecule has 5 nitrogen and oxygen atoms in total. The lowest BCUT2D eigenvalue weighted by Crippen LogP contribution is -2.32. The highest BCUT2D eigenvalue weighted by atomic mass is 19.1. The highest BCUT2D eigenvalue weighted by molar-refractivity contribution is 5.76. The van der Waals surface area contributed by atoms with Gasteiger partial charge in [0.05, 0.1) is 0 Å². The molecule has 0 saturated carbocycles. The lowest BCUT2D eigenvalue weighted by Gasteiger charge is -2.31. The zero-order valence-corrected chi connectivity index (χ0v) is 14.6. The van der Waals surface area contributed by atoms with E-state index in [1.54, 1.807) is 16.8 Å². The van der Waals surface area contributed by atoms with Crippen LogP contribution in [-0.4, -0.2) is 14.8 Å². The maximum absolute atomic E-state index is 13.2. The molecule has 1 aromatic heterocycles. The lowest BCUT2D eigenvalue weighted by atomic mass is 10.0. The number of para-hydroxylation sites is 1. The average Bonchev–Trinajstić information content (AvgIpc) is 2.62. The van der Waals surface area contributed by atoms with E-state index in [-0.39, 0.29) is 17.7 Å². The molecule has 1 aliphatic rings. The quantitative estimate of drug-likeness (QED) is 0.773. The Balaban J connectivity index is 1.91. The van der Waals surface area contributed by atoms with Crippen molar-refractivity contribution in [3.8, 4) is 22.6 Å². The SMILES string of the molecule is CC(C)CC1Nc2ccccc2-c2nc(=O)c(-c3ccc(F)cc3)nn21. The second-order valence-corrected chi connectivity index (χ2v) is 6.88. The van der Waals surface area contributed by atoms with Crippen LogP contribution in [0.1, 0.15) is 26.4 Å². The van der Waals surface area contributed by atoms with Crippen molar-refractivity contribution in [2.75, 3.05) is 5.32 Å². The third kappa shape index (κ3) is 2.87. The highest BCUT2D eigenvalue weighted by Crippen LogP contribution is 2.35. The summed E-state index contributed by atoms with van der Waals surface area (Å²) in [5.74, 6) is 0.634. The van der Waals surface area contributed by atoms with Crippen LogP contribution in [0.15, 0.2) is 53.3 Å². The van der Waals surface area contributed by atoms with Crippen molar-refractivity contribution in [3.05, 3.63) is 64.7 Å². The van der Waals surface area contributed by atoms with E-state index in [1.807, 2.05) is 24.3 Å². The molecule has 1 N–H and O–H groups in total. The molecule has 0 aliphatic carbocycles. The predicted molar refractivity (Wildman–Crippen MR) is 99.2 cm³/mol. The molecule has 0 fully saturated rings. The molecular weight excluding hydrogens is 331 g/mol. The minimum absolute atomic E-state index is 0.104. The summed E-state index contributed by atoms with van der Waals surface area (Å²) in [6.07, 6.45) is 0.731. The van der Waals surface area contributed by atoms with Gasteiger partial charge in [-0.1, -0.05) is 26.0 Å². The molecule has 0 radical (unpaired) electrons. The summed E-state index contributed by atoms with van der Waals surface area (Å²) in [6, 6.07) is 13.5. The summed E-state index contributed by atoms with van der Waals surface area (Å²) < 4.78 is 15.0. The van der Waals surface area contributed by atoms with Gasteiger partial charge in [-0.3, -0.25) is 4.79 Å². The molecule has 3 aromatic rings. The molecule has 0 amide bonds. The van der Waals surface area contributed by atoms with Gasteiger partial charge in [0.25, 0.3) is 5.56 Å². The van der Waals surface area contributed by atoms with Gasteiger partial charge in [0, 0.05) is 16.8 Å². The topological polar surface area (TPSA) is 59.8 Å². The predicted octanol–water partition coefficient (Wildman–Crippen LogP) is 4.08. The van der Waals surface area contributed by atoms with Gasteiger partial charge in [0.2, 0.25) is 0 Å². The molecule has 1 aliphatic heterocycles. The molecule has 2 heterocycles. The van der Waals surface area contributed by atoms with Crippen LogP contribution in [0.4, 0.5) is 10.1 Å². The Labute approximate surface area is 150 Å². The van der Waals surface area contributed by atoms with E-state index in [0.717, 1.165) is 17.7 Å². The monoisotopic (exact) mass is 350 g/mol. The zero-order valence-electron chi connectivity index (χ0n) is 14.6. The number of hydrogen-bond acceptors (Lipinski definition) is 4. The third-order valence-corrected chi connectivity index (χ3v) is 4.43. The molecule has 1 atom stereocenters. The molecule has 6 heteroatoms. The molecule has 0 saturated heterocycles. The molecule has 1 unspecified atom stereocenters. The van der Waals surface area contributed by atoms with Gasteiger partial charge in [-0.05, 0) is 48.7 Å². The molecule has 4 rings (SSSR count). The van der Waals surface area contributed by atoms with Crippen LogP contribution < -0.4 is 10.9 Å². The number of halogens is 1. The first-order valence-electron chi connectivity index (χ1n) is 8.65. The molecule has 26 heavy (non-hydrogen) atoms. The van der Waals surface area contributed by atoms with Gasteiger partial charge < -0.3 is 5.32 Å². The fraction of sp³-hybridized carbons (Fsp3) is 0.250. The molecule has 0 spiro atoms. The molecular formula is C20H19FN4O. The molecule has 2 aromatic carbocycles. The highest BCUT2D eigenvalue weighted by Gasteiger charge is 2.27. The van der Waals surface area contributed by atoms with Crippen molar-refractivity contribution in [3.63, 3.8) is 0 Å². The van der Waals surface area contributed by atoms with E-state index in [0.29, 0.717) is 17.3 Å². The van der Waals surface area contributed by atoms with Gasteiger partial charge in [0.15, 0.2) is 11.5 Å². The van der Waals surface area contributed by atoms with E-state index in [2.05, 4.69) is 29.2 Å². The van der Waals surface area contributed by atoms with Gasteiger partial charge in [0.1, 0.15) is 12.0 Å². The number of anilines is 1. The van der Waals surface area contributed by atoms with E-state index >= 15 is 0 Å². The normalized spacial score (nSPS) is 15.3. The summed E-state index contributed by atoms with van der Waals surface area (Å²) in [5.41, 5.74) is 2.16. The summed E-state index contributed by atoms with van der Waals surface area (Å²) in [5, 5.41) is 8.09. The first kappa shape index (κ1) is 16.4. The molecule has 132 valence electrons. The fourth-order valence-corrected chi connectivity index (χ4v) is 3.24. The number of hydrogen-bond donors (Lipinski definition) is 1. The number of benzene rings is 2.